The largest absolute Gasteiger partial charge is 0.302 e. The summed E-state index contributed by atoms with van der Waals surface area (Å²) in [6.07, 6.45) is 1.42. The average Bonchev–Trinajstić information content (AvgIpc) is 2.99. The first-order chi connectivity index (χ1) is 11.7. The lowest BCUT2D eigenvalue weighted by Crippen LogP contribution is -2.11. The highest BCUT2D eigenvalue weighted by Crippen LogP contribution is 2.28. The third kappa shape index (κ3) is 4.58. The average molecular weight is 357 g/mol. The molecule has 1 N–H and O–H groups in total. The van der Waals surface area contributed by atoms with Crippen LogP contribution in [0.5, 0.6) is 0 Å². The number of fused-ring (bicyclic) bond motifs is 1. The van der Waals surface area contributed by atoms with Crippen molar-refractivity contribution >= 4 is 44.4 Å². The third-order valence-corrected chi connectivity index (χ3v) is 5.72. The molecule has 3 nitrogen and oxygen atoms in total. The molecular formula is C19H20N2OS2. The Morgan fingerprint density at radius 3 is 2.79 bits per heavy atom. The second kappa shape index (κ2) is 8.31. The van der Waals surface area contributed by atoms with Crippen LogP contribution in [0, 0.1) is 6.92 Å². The molecule has 0 saturated carbocycles. The van der Waals surface area contributed by atoms with Crippen molar-refractivity contribution in [2.24, 2.45) is 0 Å². The fraction of sp³-hybridized carbons (Fsp3) is 0.263. The van der Waals surface area contributed by atoms with E-state index in [0.29, 0.717) is 11.6 Å². The van der Waals surface area contributed by atoms with E-state index < -0.39 is 0 Å². The minimum atomic E-state index is 0.0482. The number of amides is 1. The fourth-order valence-corrected chi connectivity index (χ4v) is 4.30. The summed E-state index contributed by atoms with van der Waals surface area (Å²) >= 11 is 3.40. The van der Waals surface area contributed by atoms with Crippen LogP contribution in [0.4, 0.5) is 5.13 Å². The SMILES string of the molecule is Cc1cccc2sc(NC(=O)CCCSCc3ccccc3)nc12. The van der Waals surface area contributed by atoms with Crippen molar-refractivity contribution in [3.8, 4) is 0 Å². The zero-order chi connectivity index (χ0) is 16.8. The molecule has 0 atom stereocenters. The number of thiazole rings is 1. The van der Waals surface area contributed by atoms with Crippen LogP contribution in [0.25, 0.3) is 10.2 Å². The Balaban J connectivity index is 1.41. The Labute approximate surface area is 150 Å². The molecule has 2 aromatic carbocycles. The molecule has 0 bridgehead atoms. The molecule has 1 amide bonds. The first kappa shape index (κ1) is 17.0. The smallest absolute Gasteiger partial charge is 0.226 e. The van der Waals surface area contributed by atoms with Crippen LogP contribution in [0.15, 0.2) is 48.5 Å². The van der Waals surface area contributed by atoms with Crippen LogP contribution in [-0.4, -0.2) is 16.6 Å². The van der Waals surface area contributed by atoms with Gasteiger partial charge in [-0.1, -0.05) is 53.8 Å². The van der Waals surface area contributed by atoms with E-state index in [1.165, 1.54) is 16.9 Å². The van der Waals surface area contributed by atoms with Gasteiger partial charge in [-0.25, -0.2) is 4.98 Å². The van der Waals surface area contributed by atoms with Gasteiger partial charge in [-0.3, -0.25) is 4.79 Å². The Morgan fingerprint density at radius 2 is 2.00 bits per heavy atom. The second-order valence-corrected chi connectivity index (χ2v) is 7.77. The Bertz CT molecular complexity index is 815. The molecule has 0 saturated heterocycles. The van der Waals surface area contributed by atoms with Gasteiger partial charge in [0.1, 0.15) is 0 Å². The molecule has 24 heavy (non-hydrogen) atoms. The Hall–Kier alpha value is -1.85. The maximum absolute atomic E-state index is 12.1. The van der Waals surface area contributed by atoms with E-state index in [1.807, 2.05) is 43.0 Å². The minimum Gasteiger partial charge on any atom is -0.302 e. The van der Waals surface area contributed by atoms with Gasteiger partial charge in [-0.05, 0) is 36.3 Å². The number of para-hydroxylation sites is 1. The molecule has 1 heterocycles. The van der Waals surface area contributed by atoms with Crippen LogP contribution in [0.2, 0.25) is 0 Å². The molecule has 0 spiro atoms. The van der Waals surface area contributed by atoms with Crippen molar-refractivity contribution in [3.63, 3.8) is 0 Å². The standard InChI is InChI=1S/C19H20N2OS2/c1-14-7-5-10-16-18(14)21-19(24-16)20-17(22)11-6-12-23-13-15-8-3-2-4-9-15/h2-5,7-10H,6,11-13H2,1H3,(H,20,21,22). The first-order valence-corrected chi connectivity index (χ1v) is 9.97. The van der Waals surface area contributed by atoms with E-state index in [2.05, 4.69) is 34.6 Å². The zero-order valence-corrected chi connectivity index (χ0v) is 15.3. The number of rotatable bonds is 7. The van der Waals surface area contributed by atoms with Gasteiger partial charge < -0.3 is 5.32 Å². The number of nitrogens with one attached hydrogen (secondary N) is 1. The summed E-state index contributed by atoms with van der Waals surface area (Å²) in [7, 11) is 0. The molecule has 0 aliphatic rings. The van der Waals surface area contributed by atoms with Gasteiger partial charge in [-0.15, -0.1) is 0 Å². The first-order valence-electron chi connectivity index (χ1n) is 8.00. The van der Waals surface area contributed by atoms with Gasteiger partial charge in [0.05, 0.1) is 10.2 Å². The molecule has 3 rings (SSSR count). The number of thioether (sulfide) groups is 1. The second-order valence-electron chi connectivity index (χ2n) is 5.63. The number of hydrogen-bond acceptors (Lipinski definition) is 4. The summed E-state index contributed by atoms with van der Waals surface area (Å²) in [6.45, 7) is 2.04. The van der Waals surface area contributed by atoms with Crippen LogP contribution < -0.4 is 5.32 Å². The molecule has 0 radical (unpaired) electrons. The lowest BCUT2D eigenvalue weighted by atomic mass is 10.2. The van der Waals surface area contributed by atoms with E-state index in [0.717, 1.165) is 33.7 Å². The van der Waals surface area contributed by atoms with Crippen LogP contribution in [0.3, 0.4) is 0 Å². The highest BCUT2D eigenvalue weighted by Gasteiger charge is 2.08. The summed E-state index contributed by atoms with van der Waals surface area (Å²) in [6, 6.07) is 16.5. The predicted octanol–water partition coefficient (Wildman–Crippen LogP) is 5.26. The quantitative estimate of drug-likeness (QED) is 0.587. The fourth-order valence-electron chi connectivity index (χ4n) is 2.42. The van der Waals surface area contributed by atoms with Gasteiger partial charge in [-0.2, -0.15) is 11.8 Å². The molecule has 0 aliphatic heterocycles. The van der Waals surface area contributed by atoms with Crippen LogP contribution >= 0.6 is 23.1 Å². The van der Waals surface area contributed by atoms with Crippen molar-refractivity contribution < 1.29 is 4.79 Å². The lowest BCUT2D eigenvalue weighted by Gasteiger charge is -2.03. The number of aromatic nitrogens is 1. The summed E-state index contributed by atoms with van der Waals surface area (Å²) in [4.78, 5) is 16.6. The molecule has 5 heteroatoms. The molecule has 0 fully saturated rings. The number of carbonyl (C=O) groups excluding carboxylic acids is 1. The van der Waals surface area contributed by atoms with E-state index in [-0.39, 0.29) is 5.91 Å². The highest BCUT2D eigenvalue weighted by molar-refractivity contribution is 7.98. The zero-order valence-electron chi connectivity index (χ0n) is 13.6. The van der Waals surface area contributed by atoms with E-state index in [4.69, 9.17) is 0 Å². The Kier molecular flexibility index (Phi) is 5.88. The summed E-state index contributed by atoms with van der Waals surface area (Å²) in [5, 5.41) is 3.62. The maximum Gasteiger partial charge on any atom is 0.226 e. The van der Waals surface area contributed by atoms with E-state index >= 15 is 0 Å². The van der Waals surface area contributed by atoms with E-state index in [9.17, 15) is 4.79 Å². The molecule has 0 aliphatic carbocycles. The van der Waals surface area contributed by atoms with Crippen molar-refractivity contribution in [1.29, 1.82) is 0 Å². The van der Waals surface area contributed by atoms with Crippen molar-refractivity contribution in [2.75, 3.05) is 11.1 Å². The third-order valence-electron chi connectivity index (χ3n) is 3.67. The molecule has 0 unspecified atom stereocenters. The van der Waals surface area contributed by atoms with Gasteiger partial charge in [0.15, 0.2) is 5.13 Å². The van der Waals surface area contributed by atoms with Crippen molar-refractivity contribution in [1.82, 2.24) is 4.98 Å². The van der Waals surface area contributed by atoms with Gasteiger partial charge in [0.2, 0.25) is 5.91 Å². The van der Waals surface area contributed by atoms with Gasteiger partial charge in [0.25, 0.3) is 0 Å². The number of benzene rings is 2. The maximum atomic E-state index is 12.1. The van der Waals surface area contributed by atoms with Crippen molar-refractivity contribution in [2.45, 2.75) is 25.5 Å². The van der Waals surface area contributed by atoms with Crippen LogP contribution in [0.1, 0.15) is 24.0 Å². The van der Waals surface area contributed by atoms with Crippen LogP contribution in [-0.2, 0) is 10.5 Å². The summed E-state index contributed by atoms with van der Waals surface area (Å²) in [5.41, 5.74) is 3.45. The number of hydrogen-bond donors (Lipinski definition) is 1. The predicted molar refractivity (Wildman–Crippen MR) is 105 cm³/mol. The monoisotopic (exact) mass is 356 g/mol. The molecule has 3 aromatic rings. The lowest BCUT2D eigenvalue weighted by molar-refractivity contribution is -0.116. The van der Waals surface area contributed by atoms with Gasteiger partial charge >= 0.3 is 0 Å². The summed E-state index contributed by atoms with van der Waals surface area (Å²) < 4.78 is 1.11. The molecule has 124 valence electrons. The number of nitrogens with zero attached hydrogens (tertiary/aromatic N) is 1. The number of aryl methyl sites for hydroxylation is 1. The molecule has 1 aromatic heterocycles. The minimum absolute atomic E-state index is 0.0482. The number of carbonyl (C=O) groups is 1. The topological polar surface area (TPSA) is 42.0 Å². The Morgan fingerprint density at radius 1 is 1.17 bits per heavy atom. The molecular weight excluding hydrogens is 336 g/mol. The van der Waals surface area contributed by atoms with E-state index in [1.54, 1.807) is 0 Å². The summed E-state index contributed by atoms with van der Waals surface area (Å²) in [5.74, 6) is 2.04. The van der Waals surface area contributed by atoms with Crippen molar-refractivity contribution in [3.05, 3.63) is 59.7 Å². The normalized spacial score (nSPS) is 10.9. The number of anilines is 1. The van der Waals surface area contributed by atoms with Gasteiger partial charge in [0, 0.05) is 12.2 Å². The highest BCUT2D eigenvalue weighted by atomic mass is 32.2.